The normalized spacial score (nSPS) is 10.2. The van der Waals surface area contributed by atoms with Gasteiger partial charge in [-0.3, -0.25) is 4.79 Å². The molecule has 0 fully saturated rings. The van der Waals surface area contributed by atoms with E-state index in [1.165, 1.54) is 13.3 Å². The van der Waals surface area contributed by atoms with Crippen LogP contribution < -0.4 is 10.6 Å². The van der Waals surface area contributed by atoms with Crippen LogP contribution in [0, 0.1) is 0 Å². The molecule has 0 bridgehead atoms. The van der Waals surface area contributed by atoms with E-state index in [1.54, 1.807) is 30.3 Å². The van der Waals surface area contributed by atoms with Gasteiger partial charge < -0.3 is 10.6 Å². The molecule has 5 nitrogen and oxygen atoms in total. The number of hydrogen-bond donors (Lipinski definition) is 2. The van der Waals surface area contributed by atoms with Gasteiger partial charge in [0.05, 0.1) is 0 Å². The highest BCUT2D eigenvalue weighted by Crippen LogP contribution is 2.21. The molecule has 0 spiro atoms. The number of halogens is 1. The van der Waals surface area contributed by atoms with Crippen molar-refractivity contribution in [1.82, 2.24) is 9.97 Å². The molecule has 24 heavy (non-hydrogen) atoms. The van der Waals surface area contributed by atoms with Crippen LogP contribution in [0.15, 0.2) is 60.9 Å². The van der Waals surface area contributed by atoms with Crippen molar-refractivity contribution in [3.63, 3.8) is 0 Å². The van der Waals surface area contributed by atoms with Crippen LogP contribution in [0.2, 0.25) is 5.02 Å². The molecule has 2 aromatic carbocycles. The summed E-state index contributed by atoms with van der Waals surface area (Å²) in [7, 11) is 0. The number of rotatable bonds is 5. The number of ketones is 1. The fraction of sp³-hybridized carbons (Fsp3) is 0.0556. The molecule has 0 saturated carbocycles. The lowest BCUT2D eigenvalue weighted by molar-refractivity contribution is 0.101. The molecule has 0 unspecified atom stereocenters. The van der Waals surface area contributed by atoms with E-state index in [0.29, 0.717) is 22.2 Å². The largest absolute Gasteiger partial charge is 0.340 e. The number of anilines is 4. The Bertz CT molecular complexity index is 865. The van der Waals surface area contributed by atoms with Crippen LogP contribution in [0.25, 0.3) is 0 Å². The maximum atomic E-state index is 11.5. The third-order valence-electron chi connectivity index (χ3n) is 3.33. The summed E-state index contributed by atoms with van der Waals surface area (Å²) in [5.74, 6) is 1.30. The van der Waals surface area contributed by atoms with Crippen LogP contribution in [-0.4, -0.2) is 15.8 Å². The maximum absolute atomic E-state index is 11.5. The first-order valence-electron chi connectivity index (χ1n) is 7.33. The van der Waals surface area contributed by atoms with Crippen LogP contribution in [0.3, 0.4) is 0 Å². The number of carbonyl (C=O) groups excluding carboxylic acids is 1. The molecule has 3 aromatic rings. The topological polar surface area (TPSA) is 66.9 Å². The molecule has 2 N–H and O–H groups in total. The van der Waals surface area contributed by atoms with Crippen LogP contribution >= 0.6 is 11.6 Å². The highest BCUT2D eigenvalue weighted by molar-refractivity contribution is 6.30. The second-order valence-corrected chi connectivity index (χ2v) is 5.62. The Labute approximate surface area is 144 Å². The van der Waals surface area contributed by atoms with Gasteiger partial charge in [-0.15, -0.1) is 0 Å². The highest BCUT2D eigenvalue weighted by Gasteiger charge is 2.03. The Morgan fingerprint density at radius 2 is 1.58 bits per heavy atom. The molecule has 6 heteroatoms. The molecule has 0 aliphatic rings. The maximum Gasteiger partial charge on any atom is 0.159 e. The number of aromatic nitrogens is 2. The van der Waals surface area contributed by atoms with Crippen LogP contribution in [0.5, 0.6) is 0 Å². The summed E-state index contributed by atoms with van der Waals surface area (Å²) in [6.07, 6.45) is 1.47. The lowest BCUT2D eigenvalue weighted by Crippen LogP contribution is -1.99. The summed E-state index contributed by atoms with van der Waals surface area (Å²) in [4.78, 5) is 19.9. The van der Waals surface area contributed by atoms with E-state index in [4.69, 9.17) is 11.6 Å². The summed E-state index contributed by atoms with van der Waals surface area (Å²) >= 11 is 5.88. The molecular weight excluding hydrogens is 324 g/mol. The molecule has 0 radical (unpaired) electrons. The monoisotopic (exact) mass is 338 g/mol. The summed E-state index contributed by atoms with van der Waals surface area (Å²) < 4.78 is 0. The number of carbonyl (C=O) groups is 1. The van der Waals surface area contributed by atoms with Crippen molar-refractivity contribution in [3.05, 3.63) is 71.5 Å². The number of hydrogen-bond acceptors (Lipinski definition) is 5. The molecular formula is C18H15ClN4O. The average Bonchev–Trinajstić information content (AvgIpc) is 2.57. The minimum Gasteiger partial charge on any atom is -0.340 e. The smallest absolute Gasteiger partial charge is 0.159 e. The van der Waals surface area contributed by atoms with Gasteiger partial charge in [-0.25, -0.2) is 9.97 Å². The molecule has 1 aromatic heterocycles. The molecule has 0 saturated heterocycles. The van der Waals surface area contributed by atoms with Gasteiger partial charge in [0.15, 0.2) is 5.78 Å². The minimum absolute atomic E-state index is 0.0198. The third-order valence-corrected chi connectivity index (χ3v) is 3.58. The van der Waals surface area contributed by atoms with Crippen molar-refractivity contribution in [2.75, 3.05) is 10.6 Å². The second kappa shape index (κ2) is 7.10. The van der Waals surface area contributed by atoms with Crippen LogP contribution in [0.1, 0.15) is 17.3 Å². The summed E-state index contributed by atoms with van der Waals surface area (Å²) in [6, 6.07) is 16.4. The molecule has 0 aliphatic carbocycles. The van der Waals surface area contributed by atoms with Gasteiger partial charge in [0.2, 0.25) is 0 Å². The Morgan fingerprint density at radius 3 is 2.25 bits per heavy atom. The fourth-order valence-electron chi connectivity index (χ4n) is 2.14. The zero-order valence-corrected chi connectivity index (χ0v) is 13.7. The molecule has 0 amide bonds. The lowest BCUT2D eigenvalue weighted by Gasteiger charge is -2.09. The predicted octanol–water partition coefficient (Wildman–Crippen LogP) is 4.82. The standard InChI is InChI=1S/C18H15ClN4O/c1-12(24)13-3-2-4-16(9-13)23-18-10-17(20-11-21-18)22-15-7-5-14(19)6-8-15/h2-11H,1H3,(H2,20,21,22,23). The van der Waals surface area contributed by atoms with Crippen molar-refractivity contribution in [2.45, 2.75) is 6.92 Å². The van der Waals surface area contributed by atoms with E-state index in [9.17, 15) is 4.79 Å². The van der Waals surface area contributed by atoms with Gasteiger partial charge in [0.25, 0.3) is 0 Å². The van der Waals surface area contributed by atoms with E-state index in [1.807, 2.05) is 24.3 Å². The van der Waals surface area contributed by atoms with Gasteiger partial charge >= 0.3 is 0 Å². The van der Waals surface area contributed by atoms with Crippen molar-refractivity contribution in [1.29, 1.82) is 0 Å². The number of benzene rings is 2. The Hall–Kier alpha value is -2.92. The van der Waals surface area contributed by atoms with Crippen molar-refractivity contribution in [3.8, 4) is 0 Å². The molecule has 1 heterocycles. The third kappa shape index (κ3) is 4.08. The zero-order valence-electron chi connectivity index (χ0n) is 13.0. The van der Waals surface area contributed by atoms with Crippen molar-refractivity contribution >= 4 is 40.4 Å². The van der Waals surface area contributed by atoms with Gasteiger partial charge in [-0.2, -0.15) is 0 Å². The summed E-state index contributed by atoms with van der Waals surface area (Å²) in [5, 5.41) is 7.03. The van der Waals surface area contributed by atoms with Gasteiger partial charge in [-0.1, -0.05) is 23.7 Å². The lowest BCUT2D eigenvalue weighted by atomic mass is 10.1. The Balaban J connectivity index is 1.76. The highest BCUT2D eigenvalue weighted by atomic mass is 35.5. The van der Waals surface area contributed by atoms with E-state index < -0.39 is 0 Å². The summed E-state index contributed by atoms with van der Waals surface area (Å²) in [6.45, 7) is 1.54. The Kier molecular flexibility index (Phi) is 4.72. The molecule has 120 valence electrons. The first-order valence-corrected chi connectivity index (χ1v) is 7.70. The molecule has 0 atom stereocenters. The SMILES string of the molecule is CC(=O)c1cccc(Nc2cc(Nc3ccc(Cl)cc3)ncn2)c1. The van der Waals surface area contributed by atoms with E-state index in [2.05, 4.69) is 20.6 Å². The van der Waals surface area contributed by atoms with E-state index in [0.717, 1.165) is 11.4 Å². The van der Waals surface area contributed by atoms with Crippen LogP contribution in [-0.2, 0) is 0 Å². The number of Topliss-reactive ketones (excluding diaryl/α,β-unsaturated/α-hetero) is 1. The molecule has 3 rings (SSSR count). The van der Waals surface area contributed by atoms with Gasteiger partial charge in [-0.05, 0) is 43.3 Å². The Morgan fingerprint density at radius 1 is 0.917 bits per heavy atom. The fourth-order valence-corrected chi connectivity index (χ4v) is 2.26. The first-order chi connectivity index (χ1) is 11.6. The summed E-state index contributed by atoms with van der Waals surface area (Å²) in [5.41, 5.74) is 2.31. The number of nitrogens with zero attached hydrogens (tertiary/aromatic N) is 2. The minimum atomic E-state index is 0.0198. The second-order valence-electron chi connectivity index (χ2n) is 5.18. The van der Waals surface area contributed by atoms with E-state index in [-0.39, 0.29) is 5.78 Å². The van der Waals surface area contributed by atoms with Crippen molar-refractivity contribution in [2.24, 2.45) is 0 Å². The predicted molar refractivity (Wildman–Crippen MR) is 96.5 cm³/mol. The zero-order chi connectivity index (χ0) is 16.9. The van der Waals surface area contributed by atoms with Gasteiger partial charge in [0.1, 0.15) is 18.0 Å². The van der Waals surface area contributed by atoms with Crippen LogP contribution in [0.4, 0.5) is 23.0 Å². The molecule has 0 aliphatic heterocycles. The average molecular weight is 339 g/mol. The van der Waals surface area contributed by atoms with Crippen molar-refractivity contribution < 1.29 is 4.79 Å². The van der Waals surface area contributed by atoms with Gasteiger partial charge in [0, 0.05) is 28.0 Å². The first kappa shape index (κ1) is 16.0. The quantitative estimate of drug-likeness (QED) is 0.653. The number of nitrogens with one attached hydrogen (secondary N) is 2. The van der Waals surface area contributed by atoms with E-state index >= 15 is 0 Å².